The average molecular weight is 243 g/mol. The van der Waals surface area contributed by atoms with Gasteiger partial charge >= 0.3 is 6.09 Å². The van der Waals surface area contributed by atoms with Gasteiger partial charge in [-0.2, -0.15) is 0 Å². The first-order chi connectivity index (χ1) is 7.97. The number of hydrogen-bond acceptors (Lipinski definition) is 4. The lowest BCUT2D eigenvalue weighted by molar-refractivity contribution is 0.0528. The Morgan fingerprint density at radius 2 is 1.94 bits per heavy atom. The van der Waals surface area contributed by atoms with E-state index in [1.165, 1.54) is 0 Å². The van der Waals surface area contributed by atoms with Crippen LogP contribution in [-0.4, -0.2) is 43.9 Å². The molecule has 1 heterocycles. The zero-order chi connectivity index (χ0) is 12.7. The van der Waals surface area contributed by atoms with Crippen LogP contribution in [0.5, 0.6) is 0 Å². The van der Waals surface area contributed by atoms with Gasteiger partial charge in [-0.05, 0) is 46.7 Å². The summed E-state index contributed by atoms with van der Waals surface area (Å²) in [6.07, 6.45) is 1.98. The Bertz CT molecular complexity index is 232. The molecule has 1 aliphatic heterocycles. The Morgan fingerprint density at radius 3 is 2.53 bits per heavy atom. The fraction of sp³-hybridized carbons (Fsp3) is 0.917. The molecule has 0 radical (unpaired) electrons. The highest BCUT2D eigenvalue weighted by Crippen LogP contribution is 2.06. The maximum absolute atomic E-state index is 11.3. The molecule has 0 aromatic rings. The number of amides is 1. The van der Waals surface area contributed by atoms with Crippen molar-refractivity contribution in [2.75, 3.05) is 26.2 Å². The number of piperidine rings is 1. The van der Waals surface area contributed by atoms with E-state index in [1.807, 2.05) is 20.8 Å². The molecule has 0 unspecified atom stereocenters. The molecule has 1 saturated heterocycles. The SMILES string of the molecule is CC(C)(C)OC(=O)NCCNC1CCNCC1. The van der Waals surface area contributed by atoms with Crippen molar-refractivity contribution in [3.63, 3.8) is 0 Å². The van der Waals surface area contributed by atoms with Crippen molar-refractivity contribution in [1.29, 1.82) is 0 Å². The molecule has 1 amide bonds. The van der Waals surface area contributed by atoms with E-state index in [9.17, 15) is 4.79 Å². The fourth-order valence-electron chi connectivity index (χ4n) is 1.78. The Balaban J connectivity index is 2.01. The summed E-state index contributed by atoms with van der Waals surface area (Å²) in [5.74, 6) is 0. The van der Waals surface area contributed by atoms with Crippen LogP contribution < -0.4 is 16.0 Å². The van der Waals surface area contributed by atoms with Crippen molar-refractivity contribution in [2.24, 2.45) is 0 Å². The Hall–Kier alpha value is -0.810. The molecule has 0 bridgehead atoms. The molecular weight excluding hydrogens is 218 g/mol. The number of carbonyl (C=O) groups excluding carboxylic acids is 1. The Labute approximate surface area is 104 Å². The van der Waals surface area contributed by atoms with E-state index in [0.29, 0.717) is 12.6 Å². The molecular formula is C12H25N3O2. The normalized spacial score (nSPS) is 17.8. The number of rotatable bonds is 4. The van der Waals surface area contributed by atoms with Gasteiger partial charge in [0.25, 0.3) is 0 Å². The third-order valence-electron chi connectivity index (χ3n) is 2.57. The predicted octanol–water partition coefficient (Wildman–Crippen LogP) is 0.853. The van der Waals surface area contributed by atoms with E-state index in [4.69, 9.17) is 4.74 Å². The fourth-order valence-corrected chi connectivity index (χ4v) is 1.78. The average Bonchev–Trinajstić information content (AvgIpc) is 2.23. The lowest BCUT2D eigenvalue weighted by atomic mass is 10.1. The van der Waals surface area contributed by atoms with Gasteiger partial charge in [0.1, 0.15) is 5.60 Å². The van der Waals surface area contributed by atoms with Gasteiger partial charge in [-0.15, -0.1) is 0 Å². The molecule has 0 aromatic carbocycles. The van der Waals surface area contributed by atoms with Gasteiger partial charge in [-0.1, -0.05) is 0 Å². The maximum atomic E-state index is 11.3. The quantitative estimate of drug-likeness (QED) is 0.641. The first kappa shape index (κ1) is 14.3. The smallest absolute Gasteiger partial charge is 0.407 e. The molecule has 5 heteroatoms. The van der Waals surface area contributed by atoms with E-state index in [-0.39, 0.29) is 6.09 Å². The minimum absolute atomic E-state index is 0.343. The van der Waals surface area contributed by atoms with E-state index in [2.05, 4.69) is 16.0 Å². The van der Waals surface area contributed by atoms with Crippen LogP contribution >= 0.6 is 0 Å². The van der Waals surface area contributed by atoms with Gasteiger partial charge in [0.05, 0.1) is 0 Å². The second kappa shape index (κ2) is 6.81. The molecule has 0 spiro atoms. The van der Waals surface area contributed by atoms with Crippen molar-refractivity contribution < 1.29 is 9.53 Å². The molecule has 0 saturated carbocycles. The van der Waals surface area contributed by atoms with Gasteiger partial charge < -0.3 is 20.7 Å². The van der Waals surface area contributed by atoms with E-state index < -0.39 is 5.60 Å². The highest BCUT2D eigenvalue weighted by Gasteiger charge is 2.16. The van der Waals surface area contributed by atoms with Crippen LogP contribution in [0, 0.1) is 0 Å². The summed E-state index contributed by atoms with van der Waals surface area (Å²) in [4.78, 5) is 11.3. The summed E-state index contributed by atoms with van der Waals surface area (Å²) in [6.45, 7) is 9.15. The van der Waals surface area contributed by atoms with E-state index >= 15 is 0 Å². The number of nitrogens with one attached hydrogen (secondary N) is 3. The molecule has 1 rings (SSSR count). The molecule has 0 atom stereocenters. The van der Waals surface area contributed by atoms with Crippen LogP contribution in [0.4, 0.5) is 4.79 Å². The van der Waals surface area contributed by atoms with Gasteiger partial charge in [0.2, 0.25) is 0 Å². The number of carbonyl (C=O) groups is 1. The van der Waals surface area contributed by atoms with Crippen molar-refractivity contribution in [3.8, 4) is 0 Å². The second-order valence-electron chi connectivity index (χ2n) is 5.41. The van der Waals surface area contributed by atoms with Crippen molar-refractivity contribution in [2.45, 2.75) is 45.3 Å². The number of ether oxygens (including phenoxy) is 1. The van der Waals surface area contributed by atoms with Crippen LogP contribution in [0.2, 0.25) is 0 Å². The summed E-state index contributed by atoms with van der Waals surface area (Å²) in [5.41, 5.74) is -0.424. The number of alkyl carbamates (subject to hydrolysis) is 1. The van der Waals surface area contributed by atoms with Crippen molar-refractivity contribution in [1.82, 2.24) is 16.0 Å². The minimum atomic E-state index is -0.424. The number of hydrogen-bond donors (Lipinski definition) is 3. The second-order valence-corrected chi connectivity index (χ2v) is 5.41. The van der Waals surface area contributed by atoms with Crippen LogP contribution in [0.15, 0.2) is 0 Å². The topological polar surface area (TPSA) is 62.4 Å². The van der Waals surface area contributed by atoms with Gasteiger partial charge in [0.15, 0.2) is 0 Å². The monoisotopic (exact) mass is 243 g/mol. The van der Waals surface area contributed by atoms with Crippen LogP contribution in [0.3, 0.4) is 0 Å². The lowest BCUT2D eigenvalue weighted by Crippen LogP contribution is -2.43. The van der Waals surface area contributed by atoms with Crippen molar-refractivity contribution >= 4 is 6.09 Å². The molecule has 1 aliphatic rings. The molecule has 3 N–H and O–H groups in total. The zero-order valence-corrected chi connectivity index (χ0v) is 11.1. The summed E-state index contributed by atoms with van der Waals surface area (Å²) in [6, 6.07) is 0.580. The first-order valence-corrected chi connectivity index (χ1v) is 6.38. The molecule has 5 nitrogen and oxygen atoms in total. The summed E-state index contributed by atoms with van der Waals surface area (Å²) in [7, 11) is 0. The standard InChI is InChI=1S/C12H25N3O2/c1-12(2,3)17-11(16)15-9-8-14-10-4-6-13-7-5-10/h10,13-14H,4-9H2,1-3H3,(H,15,16). The van der Waals surface area contributed by atoms with Crippen molar-refractivity contribution in [3.05, 3.63) is 0 Å². The molecule has 0 aliphatic carbocycles. The van der Waals surface area contributed by atoms with Crippen LogP contribution in [-0.2, 0) is 4.74 Å². The third kappa shape index (κ3) is 7.18. The zero-order valence-electron chi connectivity index (χ0n) is 11.1. The molecule has 0 aromatic heterocycles. The minimum Gasteiger partial charge on any atom is -0.444 e. The predicted molar refractivity (Wildman–Crippen MR) is 68.1 cm³/mol. The van der Waals surface area contributed by atoms with E-state index in [0.717, 1.165) is 32.5 Å². The Kier molecular flexibility index (Phi) is 5.71. The summed E-state index contributed by atoms with van der Waals surface area (Å²) in [5, 5.41) is 9.49. The summed E-state index contributed by atoms with van der Waals surface area (Å²) < 4.78 is 5.14. The van der Waals surface area contributed by atoms with Crippen LogP contribution in [0.25, 0.3) is 0 Å². The first-order valence-electron chi connectivity index (χ1n) is 6.38. The highest BCUT2D eigenvalue weighted by atomic mass is 16.6. The molecule has 1 fully saturated rings. The van der Waals surface area contributed by atoms with Gasteiger partial charge in [-0.25, -0.2) is 4.79 Å². The van der Waals surface area contributed by atoms with Gasteiger partial charge in [0, 0.05) is 19.1 Å². The van der Waals surface area contributed by atoms with E-state index in [1.54, 1.807) is 0 Å². The highest BCUT2D eigenvalue weighted by molar-refractivity contribution is 5.67. The largest absolute Gasteiger partial charge is 0.444 e. The third-order valence-corrected chi connectivity index (χ3v) is 2.57. The Morgan fingerprint density at radius 1 is 1.29 bits per heavy atom. The van der Waals surface area contributed by atoms with Gasteiger partial charge in [-0.3, -0.25) is 0 Å². The molecule has 17 heavy (non-hydrogen) atoms. The summed E-state index contributed by atoms with van der Waals surface area (Å²) >= 11 is 0. The molecule has 100 valence electrons. The maximum Gasteiger partial charge on any atom is 0.407 e. The van der Waals surface area contributed by atoms with Crippen LogP contribution in [0.1, 0.15) is 33.6 Å². The lowest BCUT2D eigenvalue weighted by Gasteiger charge is -2.24.